The van der Waals surface area contributed by atoms with Crippen molar-refractivity contribution in [2.75, 3.05) is 37.8 Å². The van der Waals surface area contributed by atoms with Crippen LogP contribution in [0.15, 0.2) is 29.4 Å². The molecule has 7 nitrogen and oxygen atoms in total. The van der Waals surface area contributed by atoms with E-state index in [1.165, 1.54) is 70.6 Å². The third-order valence-electron chi connectivity index (χ3n) is 6.51. The molecular formula is C27H48N4O3S. The molecule has 0 spiro atoms. The van der Waals surface area contributed by atoms with E-state index < -0.39 is 10.0 Å². The molecule has 0 unspecified atom stereocenters. The Balaban J connectivity index is 1.63. The van der Waals surface area contributed by atoms with Crippen molar-refractivity contribution in [2.45, 2.75) is 96.8 Å². The normalized spacial score (nSPS) is 14.9. The molecule has 0 bridgehead atoms. The van der Waals surface area contributed by atoms with Crippen molar-refractivity contribution < 1.29 is 13.2 Å². The number of amidine groups is 1. The zero-order valence-electron chi connectivity index (χ0n) is 21.8. The highest BCUT2D eigenvalue weighted by Crippen LogP contribution is 2.14. The van der Waals surface area contributed by atoms with Crippen LogP contribution in [0.4, 0.5) is 5.69 Å². The number of benzene rings is 1. The van der Waals surface area contributed by atoms with Gasteiger partial charge in [-0.25, -0.2) is 13.2 Å². The van der Waals surface area contributed by atoms with Gasteiger partial charge in [-0.1, -0.05) is 103 Å². The molecule has 0 aromatic heterocycles. The third kappa shape index (κ3) is 13.2. The van der Waals surface area contributed by atoms with E-state index in [2.05, 4.69) is 16.9 Å². The molecule has 35 heavy (non-hydrogen) atoms. The van der Waals surface area contributed by atoms with E-state index in [4.69, 9.17) is 10.5 Å². The average Bonchev–Trinajstić information content (AvgIpc) is 2.85. The number of nitrogens with one attached hydrogen (secondary N) is 1. The summed E-state index contributed by atoms with van der Waals surface area (Å²) >= 11 is 0. The molecule has 2 rings (SSSR count). The molecule has 200 valence electrons. The minimum absolute atomic E-state index is 0.0991. The average molecular weight is 509 g/mol. The number of nitrogens with two attached hydrogens (primary N) is 1. The Hall–Kier alpha value is -1.80. The van der Waals surface area contributed by atoms with E-state index in [1.807, 2.05) is 23.1 Å². The van der Waals surface area contributed by atoms with Crippen LogP contribution in [0.3, 0.4) is 0 Å². The molecule has 1 aliphatic heterocycles. The first-order valence-electron chi connectivity index (χ1n) is 13.8. The molecule has 3 N–H and O–H groups in total. The smallest absolute Gasteiger partial charge is 0.247 e. The fourth-order valence-corrected chi connectivity index (χ4v) is 5.32. The van der Waals surface area contributed by atoms with Crippen LogP contribution in [0.5, 0.6) is 0 Å². The number of hydrogen-bond donors (Lipinski definition) is 2. The minimum Gasteiger partial charge on any atom is -0.399 e. The van der Waals surface area contributed by atoms with E-state index in [1.54, 1.807) is 6.07 Å². The first-order chi connectivity index (χ1) is 17.0. The van der Waals surface area contributed by atoms with Crippen molar-refractivity contribution in [2.24, 2.45) is 5.10 Å². The first-order valence-corrected chi connectivity index (χ1v) is 15.4. The fourth-order valence-electron chi connectivity index (χ4n) is 4.42. The van der Waals surface area contributed by atoms with Crippen LogP contribution >= 0.6 is 0 Å². The summed E-state index contributed by atoms with van der Waals surface area (Å²) in [5.41, 5.74) is 7.35. The van der Waals surface area contributed by atoms with Gasteiger partial charge in [-0.3, -0.25) is 0 Å². The summed E-state index contributed by atoms with van der Waals surface area (Å²) in [6, 6.07) is 7.37. The SMILES string of the molecule is CCCCCCCCCCCCCCCCS(=O)(=O)N/N=C(/c1cccc(N)c1)N1CCOCC1. The zero-order valence-corrected chi connectivity index (χ0v) is 22.7. The lowest BCUT2D eigenvalue weighted by Crippen LogP contribution is -2.42. The quantitative estimate of drug-likeness (QED) is 0.0876. The van der Waals surface area contributed by atoms with Crippen LogP contribution in [0, 0.1) is 0 Å². The number of sulfonamides is 1. The molecule has 0 amide bonds. The van der Waals surface area contributed by atoms with Crippen LogP contribution < -0.4 is 10.6 Å². The van der Waals surface area contributed by atoms with Crippen LogP contribution in [0.25, 0.3) is 0 Å². The number of anilines is 1. The monoisotopic (exact) mass is 508 g/mol. The van der Waals surface area contributed by atoms with Gasteiger partial charge < -0.3 is 15.4 Å². The topological polar surface area (TPSA) is 97.0 Å². The summed E-state index contributed by atoms with van der Waals surface area (Å²) in [4.78, 5) is 4.49. The number of nitrogens with zero attached hydrogens (tertiary/aromatic N) is 2. The second-order valence-electron chi connectivity index (χ2n) is 9.67. The van der Waals surface area contributed by atoms with Crippen LogP contribution in [0.2, 0.25) is 0 Å². The Bertz CT molecular complexity index is 823. The summed E-state index contributed by atoms with van der Waals surface area (Å²) in [7, 11) is -3.48. The molecule has 1 saturated heterocycles. The largest absolute Gasteiger partial charge is 0.399 e. The number of unbranched alkanes of at least 4 members (excludes halogenated alkanes) is 13. The fraction of sp³-hybridized carbons (Fsp3) is 0.741. The molecule has 1 aromatic carbocycles. The second-order valence-corrected chi connectivity index (χ2v) is 11.5. The maximum Gasteiger partial charge on any atom is 0.247 e. The van der Waals surface area contributed by atoms with Crippen molar-refractivity contribution in [3.8, 4) is 0 Å². The molecule has 0 radical (unpaired) electrons. The highest BCUT2D eigenvalue weighted by Gasteiger charge is 2.19. The molecule has 1 aliphatic rings. The van der Waals surface area contributed by atoms with Gasteiger partial charge in [0.15, 0.2) is 5.84 Å². The number of morpholine rings is 1. The molecule has 1 aromatic rings. The zero-order chi connectivity index (χ0) is 25.2. The van der Waals surface area contributed by atoms with Gasteiger partial charge in [0.1, 0.15) is 0 Å². The van der Waals surface area contributed by atoms with Crippen molar-refractivity contribution >= 4 is 21.5 Å². The molecule has 8 heteroatoms. The predicted octanol–water partition coefficient (Wildman–Crippen LogP) is 5.66. The van der Waals surface area contributed by atoms with Gasteiger partial charge in [0, 0.05) is 24.3 Å². The van der Waals surface area contributed by atoms with Crippen LogP contribution in [-0.2, 0) is 14.8 Å². The van der Waals surface area contributed by atoms with Gasteiger partial charge in [-0.2, -0.15) is 0 Å². The summed E-state index contributed by atoms with van der Waals surface area (Å²) < 4.78 is 30.5. The Kier molecular flexibility index (Phi) is 14.8. The lowest BCUT2D eigenvalue weighted by atomic mass is 10.0. The number of nitrogen functional groups attached to an aromatic ring is 1. The Labute approximate surface area is 213 Å². The van der Waals surface area contributed by atoms with Crippen molar-refractivity contribution in [1.29, 1.82) is 0 Å². The van der Waals surface area contributed by atoms with Gasteiger partial charge in [-0.05, 0) is 18.6 Å². The maximum atomic E-state index is 12.5. The van der Waals surface area contributed by atoms with Crippen LogP contribution in [0.1, 0.15) is 102 Å². The standard InChI is InChI=1S/C27H48N4O3S/c1-2-3-4-5-6-7-8-9-10-11-12-13-14-15-23-35(32,33)30-29-27(31-19-21-34-22-20-31)25-17-16-18-26(28)24-25/h16-18,24,30H,2-15,19-23,28H2,1H3/b29-27-. The minimum atomic E-state index is -3.48. The predicted molar refractivity (Wildman–Crippen MR) is 147 cm³/mol. The summed E-state index contributed by atoms with van der Waals surface area (Å²) in [6.45, 7) is 4.76. The Morgan fingerprint density at radius 1 is 0.914 bits per heavy atom. The summed E-state index contributed by atoms with van der Waals surface area (Å²) in [5.74, 6) is 0.687. The molecule has 1 fully saturated rings. The van der Waals surface area contributed by atoms with Gasteiger partial charge in [0.05, 0.1) is 19.0 Å². The highest BCUT2D eigenvalue weighted by molar-refractivity contribution is 7.89. The van der Waals surface area contributed by atoms with E-state index in [0.29, 0.717) is 44.2 Å². The molecule has 0 atom stereocenters. The second kappa shape index (κ2) is 17.6. The van der Waals surface area contributed by atoms with Gasteiger partial charge in [0.25, 0.3) is 0 Å². The van der Waals surface area contributed by atoms with E-state index in [-0.39, 0.29) is 5.75 Å². The summed E-state index contributed by atoms with van der Waals surface area (Å²) in [6.07, 6.45) is 17.4. The van der Waals surface area contributed by atoms with E-state index in [0.717, 1.165) is 18.4 Å². The van der Waals surface area contributed by atoms with Gasteiger partial charge >= 0.3 is 0 Å². The van der Waals surface area contributed by atoms with Crippen molar-refractivity contribution in [3.05, 3.63) is 29.8 Å². The highest BCUT2D eigenvalue weighted by atomic mass is 32.2. The van der Waals surface area contributed by atoms with Crippen LogP contribution in [-0.4, -0.2) is 51.2 Å². The molecule has 0 saturated carbocycles. The van der Waals surface area contributed by atoms with Crippen molar-refractivity contribution in [3.63, 3.8) is 0 Å². The first kappa shape index (κ1) is 29.4. The molecule has 1 heterocycles. The third-order valence-corrected chi connectivity index (χ3v) is 7.71. The molecular weight excluding hydrogens is 460 g/mol. The van der Waals surface area contributed by atoms with E-state index >= 15 is 0 Å². The summed E-state index contributed by atoms with van der Waals surface area (Å²) in [5, 5.41) is 4.31. The Morgan fingerprint density at radius 3 is 2.00 bits per heavy atom. The lowest BCUT2D eigenvalue weighted by Gasteiger charge is -2.29. The maximum absolute atomic E-state index is 12.5. The van der Waals surface area contributed by atoms with Crippen molar-refractivity contribution in [1.82, 2.24) is 9.73 Å². The number of hydrogen-bond acceptors (Lipinski definition) is 5. The number of rotatable bonds is 18. The number of hydrazone groups is 1. The van der Waals surface area contributed by atoms with Gasteiger partial charge in [0.2, 0.25) is 10.0 Å². The molecule has 0 aliphatic carbocycles. The Morgan fingerprint density at radius 2 is 1.46 bits per heavy atom. The lowest BCUT2D eigenvalue weighted by molar-refractivity contribution is 0.0681. The number of ether oxygens (including phenoxy) is 1. The van der Waals surface area contributed by atoms with Gasteiger partial charge in [-0.15, -0.1) is 5.10 Å². The van der Waals surface area contributed by atoms with E-state index in [9.17, 15) is 8.42 Å².